The van der Waals surface area contributed by atoms with Gasteiger partial charge in [0.2, 0.25) is 0 Å². The van der Waals surface area contributed by atoms with Crippen LogP contribution in [0.3, 0.4) is 0 Å². The highest BCUT2D eigenvalue weighted by molar-refractivity contribution is 9.10. The van der Waals surface area contributed by atoms with E-state index in [4.69, 9.17) is 21.1 Å². The molecular weight excluding hydrogens is 382 g/mol. The number of para-hydroxylation sites is 1. The van der Waals surface area contributed by atoms with Crippen molar-refractivity contribution in [3.8, 4) is 11.5 Å². The summed E-state index contributed by atoms with van der Waals surface area (Å²) in [4.78, 5) is 12.1. The number of carbonyl (C=O) groups excluding carboxylic acids is 1. The molecule has 2 rings (SSSR count). The molecule has 122 valence electrons. The van der Waals surface area contributed by atoms with Gasteiger partial charge in [0.05, 0.1) is 17.6 Å². The summed E-state index contributed by atoms with van der Waals surface area (Å²) in [6, 6.07) is 12.5. The second-order valence-corrected chi connectivity index (χ2v) is 6.19. The Balaban J connectivity index is 1.94. The monoisotopic (exact) mass is 397 g/mol. The second kappa shape index (κ2) is 8.22. The molecule has 1 N–H and O–H groups in total. The van der Waals surface area contributed by atoms with Gasteiger partial charge in [-0.3, -0.25) is 4.79 Å². The van der Waals surface area contributed by atoms with Gasteiger partial charge >= 0.3 is 0 Å². The zero-order valence-electron chi connectivity index (χ0n) is 12.8. The minimum Gasteiger partial charge on any atom is -0.496 e. The number of benzene rings is 2. The van der Waals surface area contributed by atoms with Gasteiger partial charge in [0.25, 0.3) is 5.91 Å². The van der Waals surface area contributed by atoms with E-state index < -0.39 is 0 Å². The van der Waals surface area contributed by atoms with Crippen LogP contribution in [0.2, 0.25) is 5.02 Å². The first kappa shape index (κ1) is 17.6. The maximum Gasteiger partial charge on any atom is 0.258 e. The Kier molecular flexibility index (Phi) is 6.30. The molecule has 0 radical (unpaired) electrons. The Labute approximate surface area is 148 Å². The van der Waals surface area contributed by atoms with Gasteiger partial charge in [-0.2, -0.15) is 0 Å². The van der Waals surface area contributed by atoms with E-state index in [9.17, 15) is 4.79 Å². The van der Waals surface area contributed by atoms with Crippen molar-refractivity contribution in [3.05, 3.63) is 57.5 Å². The average molecular weight is 399 g/mol. The van der Waals surface area contributed by atoms with E-state index in [0.717, 1.165) is 11.3 Å². The molecule has 0 spiro atoms. The predicted molar refractivity (Wildman–Crippen MR) is 94.2 cm³/mol. The lowest BCUT2D eigenvalue weighted by molar-refractivity contribution is -0.123. The molecule has 0 aliphatic carbocycles. The summed E-state index contributed by atoms with van der Waals surface area (Å²) in [5, 5.41) is 3.48. The van der Waals surface area contributed by atoms with Crippen molar-refractivity contribution in [2.45, 2.75) is 13.0 Å². The van der Waals surface area contributed by atoms with Crippen LogP contribution in [0.15, 0.2) is 46.9 Å². The minimum atomic E-state index is -0.217. The van der Waals surface area contributed by atoms with Gasteiger partial charge in [0.15, 0.2) is 6.61 Å². The molecule has 0 bridgehead atoms. The molecule has 6 heteroatoms. The third-order valence-corrected chi connectivity index (χ3v) is 4.09. The normalized spacial score (nSPS) is 11.7. The van der Waals surface area contributed by atoms with Crippen molar-refractivity contribution in [1.82, 2.24) is 5.32 Å². The van der Waals surface area contributed by atoms with Crippen molar-refractivity contribution < 1.29 is 14.3 Å². The molecule has 2 aromatic rings. The summed E-state index contributed by atoms with van der Waals surface area (Å²) in [5.41, 5.74) is 0.913. The number of nitrogens with one attached hydrogen (secondary N) is 1. The SMILES string of the molecule is COc1ccccc1[C@H](C)NC(=O)COc1ccc(Cl)cc1Br. The number of hydrogen-bond acceptors (Lipinski definition) is 3. The van der Waals surface area contributed by atoms with Crippen LogP contribution in [-0.4, -0.2) is 19.6 Å². The van der Waals surface area contributed by atoms with Gasteiger partial charge < -0.3 is 14.8 Å². The molecule has 0 heterocycles. The molecule has 0 aliphatic rings. The molecule has 2 aromatic carbocycles. The summed E-state index contributed by atoms with van der Waals surface area (Å²) in [6.45, 7) is 1.81. The lowest BCUT2D eigenvalue weighted by Crippen LogP contribution is -2.31. The van der Waals surface area contributed by atoms with Crippen molar-refractivity contribution in [1.29, 1.82) is 0 Å². The maximum atomic E-state index is 12.1. The Morgan fingerprint density at radius 1 is 1.26 bits per heavy atom. The number of ether oxygens (including phenoxy) is 2. The number of amides is 1. The van der Waals surface area contributed by atoms with E-state index in [1.165, 1.54) is 0 Å². The number of hydrogen-bond donors (Lipinski definition) is 1. The molecule has 1 atom stereocenters. The Bertz CT molecular complexity index is 693. The predicted octanol–water partition coefficient (Wildman–Crippen LogP) is 4.37. The number of methoxy groups -OCH3 is 1. The lowest BCUT2D eigenvalue weighted by atomic mass is 10.1. The molecular formula is C17H17BrClNO3. The largest absolute Gasteiger partial charge is 0.496 e. The van der Waals surface area contributed by atoms with E-state index in [-0.39, 0.29) is 18.6 Å². The van der Waals surface area contributed by atoms with Crippen LogP contribution in [0, 0.1) is 0 Å². The first-order valence-electron chi connectivity index (χ1n) is 7.01. The molecule has 0 fully saturated rings. The van der Waals surface area contributed by atoms with Gasteiger partial charge in [-0.1, -0.05) is 29.8 Å². The van der Waals surface area contributed by atoms with Crippen molar-refractivity contribution in [3.63, 3.8) is 0 Å². The van der Waals surface area contributed by atoms with Gasteiger partial charge in [-0.05, 0) is 47.1 Å². The van der Waals surface area contributed by atoms with Crippen LogP contribution in [-0.2, 0) is 4.79 Å². The standard InChI is InChI=1S/C17H17BrClNO3/c1-11(13-5-3-4-6-15(13)22-2)20-17(21)10-23-16-8-7-12(19)9-14(16)18/h3-9,11H,10H2,1-2H3,(H,20,21)/t11-/m0/s1. The summed E-state index contributed by atoms with van der Waals surface area (Å²) < 4.78 is 11.5. The fourth-order valence-electron chi connectivity index (χ4n) is 2.12. The van der Waals surface area contributed by atoms with Crippen LogP contribution in [0.4, 0.5) is 0 Å². The Morgan fingerprint density at radius 3 is 2.70 bits per heavy atom. The molecule has 0 unspecified atom stereocenters. The van der Waals surface area contributed by atoms with Gasteiger partial charge in [-0.25, -0.2) is 0 Å². The topological polar surface area (TPSA) is 47.6 Å². The highest BCUT2D eigenvalue weighted by atomic mass is 79.9. The van der Waals surface area contributed by atoms with Crippen molar-refractivity contribution in [2.75, 3.05) is 13.7 Å². The van der Waals surface area contributed by atoms with Crippen LogP contribution >= 0.6 is 27.5 Å². The first-order valence-corrected chi connectivity index (χ1v) is 8.18. The van der Waals surface area contributed by atoms with E-state index in [0.29, 0.717) is 15.2 Å². The van der Waals surface area contributed by atoms with Crippen LogP contribution in [0.25, 0.3) is 0 Å². The van der Waals surface area contributed by atoms with Crippen LogP contribution in [0.1, 0.15) is 18.5 Å². The molecule has 1 amide bonds. The first-order chi connectivity index (χ1) is 11.0. The number of halogens is 2. The minimum absolute atomic E-state index is 0.0836. The van der Waals surface area contributed by atoms with E-state index in [1.54, 1.807) is 25.3 Å². The fourth-order valence-corrected chi connectivity index (χ4v) is 2.92. The summed E-state index contributed by atoms with van der Waals surface area (Å²) >= 11 is 9.21. The smallest absolute Gasteiger partial charge is 0.258 e. The molecule has 0 saturated carbocycles. The van der Waals surface area contributed by atoms with Crippen LogP contribution < -0.4 is 14.8 Å². The zero-order chi connectivity index (χ0) is 16.8. The number of carbonyl (C=O) groups is 1. The van der Waals surface area contributed by atoms with Gasteiger partial charge in [-0.15, -0.1) is 0 Å². The highest BCUT2D eigenvalue weighted by Crippen LogP contribution is 2.28. The third-order valence-electron chi connectivity index (χ3n) is 3.24. The number of rotatable bonds is 6. The molecule has 0 saturated heterocycles. The summed E-state index contributed by atoms with van der Waals surface area (Å²) in [6.07, 6.45) is 0. The van der Waals surface area contributed by atoms with Gasteiger partial charge in [0.1, 0.15) is 11.5 Å². The molecule has 23 heavy (non-hydrogen) atoms. The lowest BCUT2D eigenvalue weighted by Gasteiger charge is -2.17. The van der Waals surface area contributed by atoms with E-state index >= 15 is 0 Å². The van der Waals surface area contributed by atoms with E-state index in [2.05, 4.69) is 21.2 Å². The third kappa shape index (κ3) is 4.88. The molecule has 0 aromatic heterocycles. The van der Waals surface area contributed by atoms with Crippen molar-refractivity contribution >= 4 is 33.4 Å². The maximum absolute atomic E-state index is 12.1. The summed E-state index contributed by atoms with van der Waals surface area (Å²) in [7, 11) is 1.61. The van der Waals surface area contributed by atoms with Crippen LogP contribution in [0.5, 0.6) is 11.5 Å². The summed E-state index contributed by atoms with van der Waals surface area (Å²) in [5.74, 6) is 1.08. The fraction of sp³-hybridized carbons (Fsp3) is 0.235. The second-order valence-electron chi connectivity index (χ2n) is 4.89. The highest BCUT2D eigenvalue weighted by Gasteiger charge is 2.14. The Morgan fingerprint density at radius 2 is 2.00 bits per heavy atom. The molecule has 4 nitrogen and oxygen atoms in total. The quantitative estimate of drug-likeness (QED) is 0.786. The molecule has 0 aliphatic heterocycles. The Hall–Kier alpha value is -1.72. The zero-order valence-corrected chi connectivity index (χ0v) is 15.1. The van der Waals surface area contributed by atoms with E-state index in [1.807, 2.05) is 31.2 Å². The van der Waals surface area contributed by atoms with Crippen molar-refractivity contribution in [2.24, 2.45) is 0 Å². The average Bonchev–Trinajstić information content (AvgIpc) is 2.54. The van der Waals surface area contributed by atoms with Gasteiger partial charge in [0, 0.05) is 10.6 Å².